The highest BCUT2D eigenvalue weighted by atomic mass is 35.5. The summed E-state index contributed by atoms with van der Waals surface area (Å²) >= 11 is 5.92. The number of hydrogen-bond donors (Lipinski definition) is 0. The number of carbonyl (C=O) groups is 1. The quantitative estimate of drug-likeness (QED) is 0.749. The van der Waals surface area contributed by atoms with Crippen molar-refractivity contribution in [2.45, 2.75) is 20.1 Å². The zero-order valence-corrected chi connectivity index (χ0v) is 12.6. The molecular formula is C17H17ClO3. The van der Waals surface area contributed by atoms with Crippen LogP contribution in [-0.2, 0) is 22.7 Å². The Balaban J connectivity index is 1.91. The summed E-state index contributed by atoms with van der Waals surface area (Å²) in [5, 5.41) is 0.695. The number of esters is 1. The van der Waals surface area contributed by atoms with Crippen LogP contribution in [-0.4, -0.2) is 12.6 Å². The van der Waals surface area contributed by atoms with E-state index < -0.39 is 0 Å². The topological polar surface area (TPSA) is 35.5 Å². The molecule has 0 bridgehead atoms. The average molecular weight is 305 g/mol. The molecule has 2 rings (SSSR count). The molecule has 0 aliphatic heterocycles. The smallest absolute Gasteiger partial charge is 0.338 e. The molecule has 3 nitrogen and oxygen atoms in total. The second kappa shape index (κ2) is 7.81. The van der Waals surface area contributed by atoms with Crippen molar-refractivity contribution in [3.05, 3.63) is 70.2 Å². The van der Waals surface area contributed by atoms with E-state index in [4.69, 9.17) is 21.1 Å². The fourth-order valence-electron chi connectivity index (χ4n) is 1.92. The summed E-state index contributed by atoms with van der Waals surface area (Å²) in [4.78, 5) is 11.7. The third kappa shape index (κ3) is 4.88. The Morgan fingerprint density at radius 1 is 1.05 bits per heavy atom. The minimum absolute atomic E-state index is 0.311. The Hall–Kier alpha value is -1.84. The maximum absolute atomic E-state index is 11.7. The SMILES string of the molecule is CCOC(=O)c1cccc(COCc2cccc(Cl)c2)c1. The number of carbonyl (C=O) groups excluding carboxylic acids is 1. The Morgan fingerprint density at radius 2 is 1.71 bits per heavy atom. The molecule has 110 valence electrons. The lowest BCUT2D eigenvalue weighted by Gasteiger charge is -2.07. The standard InChI is InChI=1S/C17H17ClO3/c1-2-21-17(19)15-7-3-5-13(9-15)11-20-12-14-6-4-8-16(18)10-14/h3-10H,2,11-12H2,1H3. The summed E-state index contributed by atoms with van der Waals surface area (Å²) in [6.45, 7) is 3.06. The van der Waals surface area contributed by atoms with Gasteiger partial charge in [-0.05, 0) is 42.3 Å². The number of benzene rings is 2. The normalized spacial score (nSPS) is 10.4. The molecule has 21 heavy (non-hydrogen) atoms. The third-order valence-electron chi connectivity index (χ3n) is 2.86. The minimum Gasteiger partial charge on any atom is -0.462 e. The van der Waals surface area contributed by atoms with Crippen LogP contribution in [0.4, 0.5) is 0 Å². The predicted octanol–water partition coefficient (Wildman–Crippen LogP) is 4.23. The molecule has 0 amide bonds. The molecule has 0 atom stereocenters. The Morgan fingerprint density at radius 3 is 2.38 bits per heavy atom. The number of hydrogen-bond acceptors (Lipinski definition) is 3. The van der Waals surface area contributed by atoms with E-state index in [1.54, 1.807) is 19.1 Å². The van der Waals surface area contributed by atoms with E-state index in [2.05, 4.69) is 0 Å². The zero-order chi connectivity index (χ0) is 15.1. The van der Waals surface area contributed by atoms with Crippen LogP contribution >= 0.6 is 11.6 Å². The first-order valence-electron chi connectivity index (χ1n) is 6.77. The van der Waals surface area contributed by atoms with Gasteiger partial charge in [-0.1, -0.05) is 35.9 Å². The van der Waals surface area contributed by atoms with Gasteiger partial charge in [-0.25, -0.2) is 4.79 Å². The van der Waals surface area contributed by atoms with Crippen LogP contribution in [0.5, 0.6) is 0 Å². The van der Waals surface area contributed by atoms with Crippen LogP contribution in [0.2, 0.25) is 5.02 Å². The highest BCUT2D eigenvalue weighted by molar-refractivity contribution is 6.30. The molecule has 2 aromatic rings. The van der Waals surface area contributed by atoms with Gasteiger partial charge in [-0.15, -0.1) is 0 Å². The van der Waals surface area contributed by atoms with Crippen molar-refractivity contribution in [1.82, 2.24) is 0 Å². The Labute approximate surface area is 129 Å². The van der Waals surface area contributed by atoms with E-state index in [1.165, 1.54) is 0 Å². The van der Waals surface area contributed by atoms with Gasteiger partial charge in [0, 0.05) is 5.02 Å². The van der Waals surface area contributed by atoms with E-state index in [0.717, 1.165) is 11.1 Å². The number of rotatable bonds is 6. The van der Waals surface area contributed by atoms with Crippen LogP contribution in [0, 0.1) is 0 Å². The zero-order valence-electron chi connectivity index (χ0n) is 11.8. The lowest BCUT2D eigenvalue weighted by atomic mass is 10.1. The van der Waals surface area contributed by atoms with Crippen molar-refractivity contribution in [1.29, 1.82) is 0 Å². The van der Waals surface area contributed by atoms with E-state index >= 15 is 0 Å². The maximum atomic E-state index is 11.7. The van der Waals surface area contributed by atoms with E-state index in [0.29, 0.717) is 30.4 Å². The van der Waals surface area contributed by atoms with Crippen molar-refractivity contribution in [3.63, 3.8) is 0 Å². The summed E-state index contributed by atoms with van der Waals surface area (Å²) in [6.07, 6.45) is 0. The first kappa shape index (κ1) is 15.5. The Bertz CT molecular complexity index is 610. The van der Waals surface area contributed by atoms with Crippen LogP contribution in [0.25, 0.3) is 0 Å². The van der Waals surface area contributed by atoms with E-state index in [9.17, 15) is 4.79 Å². The molecule has 4 heteroatoms. The molecule has 0 heterocycles. The van der Waals surface area contributed by atoms with Crippen LogP contribution in [0.1, 0.15) is 28.4 Å². The van der Waals surface area contributed by atoms with Gasteiger partial charge in [-0.3, -0.25) is 0 Å². The van der Waals surface area contributed by atoms with Gasteiger partial charge in [0.05, 0.1) is 25.4 Å². The van der Waals surface area contributed by atoms with Gasteiger partial charge in [-0.2, -0.15) is 0 Å². The summed E-state index contributed by atoms with van der Waals surface area (Å²) < 4.78 is 10.6. The number of halogens is 1. The van der Waals surface area contributed by atoms with Crippen LogP contribution in [0.3, 0.4) is 0 Å². The van der Waals surface area contributed by atoms with Crippen molar-refractivity contribution < 1.29 is 14.3 Å². The van der Waals surface area contributed by atoms with Crippen LogP contribution < -0.4 is 0 Å². The molecular weight excluding hydrogens is 288 g/mol. The molecule has 0 aromatic heterocycles. The number of ether oxygens (including phenoxy) is 2. The lowest BCUT2D eigenvalue weighted by molar-refractivity contribution is 0.0525. The molecule has 0 saturated heterocycles. The molecule has 0 aliphatic rings. The van der Waals surface area contributed by atoms with E-state index in [-0.39, 0.29) is 5.97 Å². The molecule has 0 unspecified atom stereocenters. The second-order valence-corrected chi connectivity index (χ2v) is 4.98. The van der Waals surface area contributed by atoms with Gasteiger partial charge in [0.15, 0.2) is 0 Å². The Kier molecular flexibility index (Phi) is 5.78. The van der Waals surface area contributed by atoms with Gasteiger partial charge >= 0.3 is 5.97 Å². The fourth-order valence-corrected chi connectivity index (χ4v) is 2.13. The molecule has 0 N–H and O–H groups in total. The molecule has 0 radical (unpaired) electrons. The first-order valence-corrected chi connectivity index (χ1v) is 7.15. The second-order valence-electron chi connectivity index (χ2n) is 4.54. The molecule has 0 saturated carbocycles. The summed E-state index contributed by atoms with van der Waals surface area (Å²) in [7, 11) is 0. The van der Waals surface area contributed by atoms with Gasteiger partial charge in [0.2, 0.25) is 0 Å². The van der Waals surface area contributed by atoms with Crippen molar-refractivity contribution in [2.75, 3.05) is 6.61 Å². The summed E-state index contributed by atoms with van der Waals surface area (Å²) in [6, 6.07) is 14.8. The molecule has 2 aromatic carbocycles. The summed E-state index contributed by atoms with van der Waals surface area (Å²) in [5.74, 6) is -0.311. The van der Waals surface area contributed by atoms with Gasteiger partial charge in [0.25, 0.3) is 0 Å². The average Bonchev–Trinajstić information content (AvgIpc) is 2.48. The lowest BCUT2D eigenvalue weighted by Crippen LogP contribution is -2.05. The maximum Gasteiger partial charge on any atom is 0.338 e. The minimum atomic E-state index is -0.311. The highest BCUT2D eigenvalue weighted by Crippen LogP contribution is 2.13. The monoisotopic (exact) mass is 304 g/mol. The molecule has 0 spiro atoms. The van der Waals surface area contributed by atoms with Crippen molar-refractivity contribution >= 4 is 17.6 Å². The molecule has 0 aliphatic carbocycles. The van der Waals surface area contributed by atoms with Gasteiger partial charge in [0.1, 0.15) is 0 Å². The molecule has 0 fully saturated rings. The van der Waals surface area contributed by atoms with Crippen molar-refractivity contribution in [2.24, 2.45) is 0 Å². The van der Waals surface area contributed by atoms with E-state index in [1.807, 2.05) is 36.4 Å². The third-order valence-corrected chi connectivity index (χ3v) is 3.10. The predicted molar refractivity (Wildman–Crippen MR) is 82.3 cm³/mol. The van der Waals surface area contributed by atoms with Gasteiger partial charge < -0.3 is 9.47 Å². The summed E-state index contributed by atoms with van der Waals surface area (Å²) in [5.41, 5.74) is 2.49. The van der Waals surface area contributed by atoms with Crippen LogP contribution in [0.15, 0.2) is 48.5 Å². The fraction of sp³-hybridized carbons (Fsp3) is 0.235. The van der Waals surface area contributed by atoms with Crippen molar-refractivity contribution in [3.8, 4) is 0 Å². The highest BCUT2D eigenvalue weighted by Gasteiger charge is 2.06. The largest absolute Gasteiger partial charge is 0.462 e. The first-order chi connectivity index (χ1) is 10.2.